The lowest BCUT2D eigenvalue weighted by Crippen LogP contribution is -2.48. The topological polar surface area (TPSA) is 79.2 Å². The van der Waals surface area contributed by atoms with E-state index in [2.05, 4.69) is 24.3 Å². The van der Waals surface area contributed by atoms with Crippen molar-refractivity contribution in [2.24, 2.45) is 16.8 Å². The Balaban J connectivity index is 1.45. The number of methoxy groups -OCH3 is 1. The smallest absolute Gasteiger partial charge is 0.327 e. The molecule has 0 aromatic heterocycles. The van der Waals surface area contributed by atoms with E-state index in [9.17, 15) is 14.7 Å². The van der Waals surface area contributed by atoms with Gasteiger partial charge in [0.05, 0.1) is 19.4 Å². The number of carboxylic acid groups (broad SMARTS) is 1. The zero-order chi connectivity index (χ0) is 29.8. The normalized spacial score (nSPS) is 20.8. The van der Waals surface area contributed by atoms with Crippen LogP contribution >= 0.6 is 0 Å². The molecule has 2 aliphatic rings. The van der Waals surface area contributed by atoms with Crippen LogP contribution in [0, 0.1) is 11.8 Å². The summed E-state index contributed by atoms with van der Waals surface area (Å²) in [4.78, 5) is 33.8. The number of hydrogen-bond donors (Lipinski definition) is 1. The minimum atomic E-state index is -1.05. The van der Waals surface area contributed by atoms with Gasteiger partial charge in [-0.15, -0.1) is 0 Å². The van der Waals surface area contributed by atoms with E-state index in [-0.39, 0.29) is 17.6 Å². The number of aliphatic carboxylic acids is 1. The number of fused-ring (bicyclic) bond motifs is 1. The Morgan fingerprint density at radius 1 is 0.884 bits per heavy atom. The Morgan fingerprint density at radius 3 is 2.07 bits per heavy atom. The molecule has 1 aliphatic carbocycles. The number of carbonyl (C=O) groups excluding carboxylic acids is 1. The fourth-order valence-electron chi connectivity index (χ4n) is 7.30. The molecule has 1 saturated carbocycles. The number of likely N-dealkylation sites (tertiary alicyclic amines) is 1. The highest BCUT2D eigenvalue weighted by Crippen LogP contribution is 2.53. The van der Waals surface area contributed by atoms with Crippen LogP contribution in [0.1, 0.15) is 35.1 Å². The molecular formula is C37H36N2O4. The van der Waals surface area contributed by atoms with Crippen molar-refractivity contribution in [3.8, 4) is 5.75 Å². The first kappa shape index (κ1) is 28.6. The van der Waals surface area contributed by atoms with Gasteiger partial charge in [0.1, 0.15) is 11.5 Å². The molecule has 4 aromatic rings. The van der Waals surface area contributed by atoms with Gasteiger partial charge in [-0.1, -0.05) is 103 Å². The number of ketones is 1. The van der Waals surface area contributed by atoms with Gasteiger partial charge in [-0.05, 0) is 41.2 Å². The lowest BCUT2D eigenvalue weighted by Gasteiger charge is -2.46. The highest BCUT2D eigenvalue weighted by molar-refractivity contribution is 6.16. The summed E-state index contributed by atoms with van der Waals surface area (Å²) >= 11 is 0. The minimum absolute atomic E-state index is 0.0894. The van der Waals surface area contributed by atoms with Gasteiger partial charge in [0.2, 0.25) is 0 Å². The fourth-order valence-corrected chi connectivity index (χ4v) is 7.30. The first-order valence-corrected chi connectivity index (χ1v) is 14.8. The van der Waals surface area contributed by atoms with Crippen LogP contribution in [0.4, 0.5) is 0 Å². The summed E-state index contributed by atoms with van der Waals surface area (Å²) in [7, 11) is 1.58. The molecule has 1 N–H and O–H groups in total. The summed E-state index contributed by atoms with van der Waals surface area (Å²) in [5.41, 5.74) is 3.98. The van der Waals surface area contributed by atoms with Crippen LogP contribution in [0.15, 0.2) is 120 Å². The number of benzene rings is 4. The van der Waals surface area contributed by atoms with Crippen LogP contribution in [0.25, 0.3) is 0 Å². The van der Waals surface area contributed by atoms with Crippen LogP contribution in [0.5, 0.6) is 5.75 Å². The fraction of sp³-hybridized carbons (Fsp3) is 0.270. The number of para-hydroxylation sites is 1. The van der Waals surface area contributed by atoms with E-state index in [1.807, 2.05) is 95.9 Å². The van der Waals surface area contributed by atoms with Crippen LogP contribution in [0.2, 0.25) is 0 Å². The number of rotatable bonds is 9. The standard InChI is InChI=1S/C37H36N2O4/c1-43-33-20-12-11-19-29(33)34(38-23-26-13-5-2-6-14-26)35(36(41)42)39-24-30-31(25-39)37(22-21-32(30)40,27-15-7-3-8-16-27)28-17-9-4-10-18-28/h2-20,30-31,35H,21-25H2,1H3,(H,41,42)/t30?,31?,35-/m0/s1. The van der Waals surface area contributed by atoms with Crippen molar-refractivity contribution in [3.63, 3.8) is 0 Å². The Labute approximate surface area is 252 Å². The predicted octanol–water partition coefficient (Wildman–Crippen LogP) is 6.03. The summed E-state index contributed by atoms with van der Waals surface area (Å²) in [5.74, 6) is -0.596. The van der Waals surface area contributed by atoms with Crippen molar-refractivity contribution < 1.29 is 19.4 Å². The second kappa shape index (κ2) is 12.4. The maximum atomic E-state index is 13.6. The number of carbonyl (C=O) groups is 2. The van der Waals surface area contributed by atoms with Crippen molar-refractivity contribution in [1.29, 1.82) is 0 Å². The Morgan fingerprint density at radius 2 is 1.47 bits per heavy atom. The van der Waals surface area contributed by atoms with E-state index in [0.29, 0.717) is 49.5 Å². The minimum Gasteiger partial charge on any atom is -0.496 e. The second-order valence-electron chi connectivity index (χ2n) is 11.5. The third-order valence-corrected chi connectivity index (χ3v) is 9.25. The van der Waals surface area contributed by atoms with Gasteiger partial charge in [0, 0.05) is 36.4 Å². The molecule has 4 aromatic carbocycles. The van der Waals surface area contributed by atoms with E-state index in [1.54, 1.807) is 7.11 Å². The molecule has 218 valence electrons. The number of ether oxygens (including phenoxy) is 1. The average molecular weight is 573 g/mol. The van der Waals surface area contributed by atoms with Crippen molar-refractivity contribution in [2.75, 3.05) is 20.2 Å². The molecule has 1 heterocycles. The summed E-state index contributed by atoms with van der Waals surface area (Å²) < 4.78 is 5.68. The summed E-state index contributed by atoms with van der Waals surface area (Å²) in [6, 6.07) is 37.0. The molecule has 2 unspecified atom stereocenters. The molecular weight excluding hydrogens is 536 g/mol. The largest absolute Gasteiger partial charge is 0.496 e. The lowest BCUT2D eigenvalue weighted by atomic mass is 9.56. The van der Waals surface area contributed by atoms with Gasteiger partial charge in [-0.2, -0.15) is 0 Å². The van der Waals surface area contributed by atoms with Crippen molar-refractivity contribution >= 4 is 17.5 Å². The molecule has 0 spiro atoms. The number of Topliss-reactive ketones (excluding diaryl/α,β-unsaturated/α-hetero) is 1. The van der Waals surface area contributed by atoms with E-state index in [0.717, 1.165) is 5.56 Å². The van der Waals surface area contributed by atoms with E-state index in [1.165, 1.54) is 11.1 Å². The highest BCUT2D eigenvalue weighted by atomic mass is 16.5. The van der Waals surface area contributed by atoms with E-state index in [4.69, 9.17) is 9.73 Å². The highest BCUT2D eigenvalue weighted by Gasteiger charge is 2.56. The van der Waals surface area contributed by atoms with Gasteiger partial charge in [-0.3, -0.25) is 19.5 Å². The zero-order valence-corrected chi connectivity index (χ0v) is 24.3. The van der Waals surface area contributed by atoms with Crippen LogP contribution in [0.3, 0.4) is 0 Å². The van der Waals surface area contributed by atoms with Gasteiger partial charge >= 0.3 is 5.97 Å². The lowest BCUT2D eigenvalue weighted by molar-refractivity contribution is -0.140. The summed E-state index contributed by atoms with van der Waals surface area (Å²) in [5, 5.41) is 10.8. The third-order valence-electron chi connectivity index (χ3n) is 9.25. The maximum Gasteiger partial charge on any atom is 0.327 e. The molecule has 1 saturated heterocycles. The molecule has 0 amide bonds. The SMILES string of the molecule is COc1ccccc1C(=NCc1ccccc1)[C@@H](C(=O)O)N1CC2C(=O)CCC(c3ccccc3)(c3ccccc3)C2C1. The quantitative estimate of drug-likeness (QED) is 0.248. The first-order chi connectivity index (χ1) is 21.0. The summed E-state index contributed by atoms with van der Waals surface area (Å²) in [6.45, 7) is 1.15. The number of aliphatic imine (C=N–C) groups is 1. The molecule has 0 bridgehead atoms. The molecule has 3 atom stereocenters. The molecule has 0 radical (unpaired) electrons. The molecule has 43 heavy (non-hydrogen) atoms. The molecule has 6 heteroatoms. The Bertz CT molecular complexity index is 1560. The van der Waals surface area contributed by atoms with Crippen molar-refractivity contribution in [1.82, 2.24) is 4.90 Å². The number of hydrogen-bond acceptors (Lipinski definition) is 5. The van der Waals surface area contributed by atoms with Crippen LogP contribution in [-0.2, 0) is 21.5 Å². The second-order valence-corrected chi connectivity index (χ2v) is 11.5. The van der Waals surface area contributed by atoms with E-state index >= 15 is 0 Å². The van der Waals surface area contributed by atoms with Crippen molar-refractivity contribution in [2.45, 2.75) is 30.8 Å². The van der Waals surface area contributed by atoms with Gasteiger partial charge < -0.3 is 9.84 Å². The first-order valence-electron chi connectivity index (χ1n) is 14.8. The van der Waals surface area contributed by atoms with Gasteiger partial charge in [0.15, 0.2) is 6.04 Å². The molecule has 6 nitrogen and oxygen atoms in total. The average Bonchev–Trinajstić information content (AvgIpc) is 3.50. The van der Waals surface area contributed by atoms with E-state index < -0.39 is 17.4 Å². The van der Waals surface area contributed by atoms with Crippen molar-refractivity contribution in [3.05, 3.63) is 138 Å². The molecule has 6 rings (SSSR count). The monoisotopic (exact) mass is 572 g/mol. The Hall–Kier alpha value is -4.55. The summed E-state index contributed by atoms with van der Waals surface area (Å²) in [6.07, 6.45) is 1.14. The van der Waals surface area contributed by atoms with Gasteiger partial charge in [0.25, 0.3) is 0 Å². The Kier molecular flexibility index (Phi) is 8.21. The van der Waals surface area contributed by atoms with Crippen LogP contribution in [-0.4, -0.2) is 53.7 Å². The molecule has 1 aliphatic heterocycles. The number of nitrogens with zero attached hydrogens (tertiary/aromatic N) is 2. The van der Waals surface area contributed by atoms with Gasteiger partial charge in [-0.25, -0.2) is 0 Å². The predicted molar refractivity (Wildman–Crippen MR) is 168 cm³/mol. The molecule has 2 fully saturated rings. The zero-order valence-electron chi connectivity index (χ0n) is 24.3. The van der Waals surface area contributed by atoms with Crippen LogP contribution < -0.4 is 4.74 Å². The maximum absolute atomic E-state index is 13.6. The third kappa shape index (κ3) is 5.39. The number of carboxylic acids is 1.